The van der Waals surface area contributed by atoms with Crippen LogP contribution in [-0.4, -0.2) is 19.7 Å². The summed E-state index contributed by atoms with van der Waals surface area (Å²) < 4.78 is 11.0. The summed E-state index contributed by atoms with van der Waals surface area (Å²) in [5.74, 6) is 0.434. The Morgan fingerprint density at radius 1 is 1.60 bits per heavy atom. The maximum absolute atomic E-state index is 11.1. The minimum absolute atomic E-state index is 0.357. The van der Waals surface area contributed by atoms with E-state index in [1.807, 2.05) is 18.2 Å². The van der Waals surface area contributed by atoms with E-state index in [2.05, 4.69) is 20.7 Å². The minimum Gasteiger partial charge on any atom is -0.488 e. The van der Waals surface area contributed by atoms with Crippen LogP contribution in [-0.2, 0) is 9.53 Å². The van der Waals surface area contributed by atoms with Crippen molar-refractivity contribution in [3.63, 3.8) is 0 Å². The van der Waals surface area contributed by atoms with Gasteiger partial charge in [0.05, 0.1) is 7.11 Å². The fourth-order valence-corrected chi connectivity index (χ4v) is 1.77. The van der Waals surface area contributed by atoms with Gasteiger partial charge in [0.2, 0.25) is 0 Å². The Balaban J connectivity index is 2.37. The summed E-state index contributed by atoms with van der Waals surface area (Å²) in [6.45, 7) is 0.418. The van der Waals surface area contributed by atoms with Crippen molar-refractivity contribution in [3.8, 4) is 5.75 Å². The predicted octanol–water partition coefficient (Wildman–Crippen LogP) is 2.40. The van der Waals surface area contributed by atoms with Crippen LogP contribution in [0.25, 0.3) is 5.57 Å². The molecule has 3 nitrogen and oxygen atoms in total. The summed E-state index contributed by atoms with van der Waals surface area (Å²) in [6, 6.07) is 5.72. The van der Waals surface area contributed by atoms with E-state index in [0.717, 1.165) is 21.4 Å². The zero-order valence-corrected chi connectivity index (χ0v) is 9.71. The summed E-state index contributed by atoms with van der Waals surface area (Å²) in [7, 11) is 1.36. The third-order valence-electron chi connectivity index (χ3n) is 2.17. The molecule has 1 aliphatic heterocycles. The number of esters is 1. The largest absolute Gasteiger partial charge is 0.488 e. The van der Waals surface area contributed by atoms with Gasteiger partial charge in [0, 0.05) is 21.7 Å². The number of hydrogen-bond acceptors (Lipinski definition) is 3. The van der Waals surface area contributed by atoms with Crippen LogP contribution in [0.4, 0.5) is 0 Å². The fourth-order valence-electron chi connectivity index (χ4n) is 1.43. The number of carbonyl (C=O) groups excluding carboxylic acids is 1. The molecular formula is C11H9BrO3. The van der Waals surface area contributed by atoms with Crippen LogP contribution in [0.1, 0.15) is 5.56 Å². The second kappa shape index (κ2) is 4.06. The van der Waals surface area contributed by atoms with E-state index >= 15 is 0 Å². The zero-order chi connectivity index (χ0) is 10.8. The molecule has 15 heavy (non-hydrogen) atoms. The molecule has 4 heteroatoms. The van der Waals surface area contributed by atoms with Crippen LogP contribution in [0.5, 0.6) is 5.75 Å². The highest BCUT2D eigenvalue weighted by molar-refractivity contribution is 9.10. The Labute approximate surface area is 95.8 Å². The van der Waals surface area contributed by atoms with Gasteiger partial charge in [-0.05, 0) is 18.2 Å². The first kappa shape index (κ1) is 10.2. The lowest BCUT2D eigenvalue weighted by Gasteiger charge is -1.97. The van der Waals surface area contributed by atoms with Crippen molar-refractivity contribution in [2.45, 2.75) is 0 Å². The van der Waals surface area contributed by atoms with Crippen LogP contribution in [0.15, 0.2) is 28.7 Å². The summed E-state index contributed by atoms with van der Waals surface area (Å²) >= 11 is 3.36. The molecule has 0 N–H and O–H groups in total. The Morgan fingerprint density at radius 2 is 2.40 bits per heavy atom. The van der Waals surface area contributed by atoms with E-state index in [1.54, 1.807) is 0 Å². The Kier molecular flexibility index (Phi) is 2.77. The molecule has 0 fully saturated rings. The van der Waals surface area contributed by atoms with Gasteiger partial charge in [0.1, 0.15) is 12.4 Å². The summed E-state index contributed by atoms with van der Waals surface area (Å²) in [4.78, 5) is 11.1. The SMILES string of the molecule is COC(=O)/C=C1/COc2cc(Br)ccc21. The van der Waals surface area contributed by atoms with Gasteiger partial charge in [-0.1, -0.05) is 15.9 Å². The maximum atomic E-state index is 11.1. The average molecular weight is 269 g/mol. The van der Waals surface area contributed by atoms with E-state index < -0.39 is 0 Å². The lowest BCUT2D eigenvalue weighted by atomic mass is 10.1. The number of benzene rings is 1. The summed E-state index contributed by atoms with van der Waals surface area (Å²) in [6.07, 6.45) is 1.46. The third kappa shape index (κ3) is 2.04. The van der Waals surface area contributed by atoms with E-state index in [0.29, 0.717) is 6.61 Å². The molecule has 1 aromatic carbocycles. The molecule has 1 heterocycles. The highest BCUT2D eigenvalue weighted by Gasteiger charge is 2.18. The molecule has 78 valence electrons. The van der Waals surface area contributed by atoms with E-state index in [4.69, 9.17) is 4.74 Å². The van der Waals surface area contributed by atoms with Crippen LogP contribution in [0.3, 0.4) is 0 Å². The van der Waals surface area contributed by atoms with Crippen molar-refractivity contribution in [2.75, 3.05) is 13.7 Å². The van der Waals surface area contributed by atoms with E-state index in [9.17, 15) is 4.79 Å². The van der Waals surface area contributed by atoms with Crippen molar-refractivity contribution >= 4 is 27.5 Å². The van der Waals surface area contributed by atoms with Crippen LogP contribution in [0.2, 0.25) is 0 Å². The molecule has 0 unspecified atom stereocenters. The molecule has 2 rings (SSSR count). The first-order valence-corrected chi connectivity index (χ1v) is 5.21. The van der Waals surface area contributed by atoms with Gasteiger partial charge in [-0.2, -0.15) is 0 Å². The van der Waals surface area contributed by atoms with Gasteiger partial charge >= 0.3 is 5.97 Å². The summed E-state index contributed by atoms with van der Waals surface area (Å²) in [5, 5.41) is 0. The molecule has 0 radical (unpaired) electrons. The lowest BCUT2D eigenvalue weighted by molar-refractivity contribution is -0.134. The monoisotopic (exact) mass is 268 g/mol. The van der Waals surface area contributed by atoms with Crippen LogP contribution >= 0.6 is 15.9 Å². The second-order valence-corrected chi connectivity index (χ2v) is 4.04. The zero-order valence-electron chi connectivity index (χ0n) is 8.12. The number of methoxy groups -OCH3 is 1. The molecule has 0 aliphatic carbocycles. The average Bonchev–Trinajstić information content (AvgIpc) is 2.60. The van der Waals surface area contributed by atoms with Crippen molar-refractivity contribution < 1.29 is 14.3 Å². The molecule has 0 saturated heterocycles. The molecule has 0 spiro atoms. The Bertz CT molecular complexity index is 437. The molecule has 0 saturated carbocycles. The number of fused-ring (bicyclic) bond motifs is 1. The van der Waals surface area contributed by atoms with Crippen molar-refractivity contribution in [1.29, 1.82) is 0 Å². The van der Waals surface area contributed by atoms with Crippen molar-refractivity contribution in [2.24, 2.45) is 0 Å². The number of rotatable bonds is 1. The summed E-state index contributed by atoms with van der Waals surface area (Å²) in [5.41, 5.74) is 1.80. The van der Waals surface area contributed by atoms with Crippen molar-refractivity contribution in [1.82, 2.24) is 0 Å². The third-order valence-corrected chi connectivity index (χ3v) is 2.66. The van der Waals surface area contributed by atoms with E-state index in [-0.39, 0.29) is 5.97 Å². The van der Waals surface area contributed by atoms with Crippen LogP contribution in [0, 0.1) is 0 Å². The Hall–Kier alpha value is -1.29. The standard InChI is InChI=1S/C11H9BrO3/c1-14-11(13)4-7-6-15-10-5-8(12)2-3-9(7)10/h2-5H,6H2,1H3/b7-4-. The van der Waals surface area contributed by atoms with Gasteiger partial charge in [0.15, 0.2) is 0 Å². The second-order valence-electron chi connectivity index (χ2n) is 3.12. The number of hydrogen-bond donors (Lipinski definition) is 0. The minimum atomic E-state index is -0.357. The lowest BCUT2D eigenvalue weighted by Crippen LogP contribution is -1.97. The molecule has 0 aromatic heterocycles. The van der Waals surface area contributed by atoms with Gasteiger partial charge in [-0.25, -0.2) is 4.79 Å². The topological polar surface area (TPSA) is 35.5 Å². The van der Waals surface area contributed by atoms with Gasteiger partial charge in [-0.15, -0.1) is 0 Å². The van der Waals surface area contributed by atoms with Crippen molar-refractivity contribution in [3.05, 3.63) is 34.3 Å². The molecule has 0 atom stereocenters. The Morgan fingerprint density at radius 3 is 3.13 bits per heavy atom. The number of halogens is 1. The van der Waals surface area contributed by atoms with Crippen LogP contribution < -0.4 is 4.74 Å². The molecule has 0 amide bonds. The number of ether oxygens (including phenoxy) is 2. The smallest absolute Gasteiger partial charge is 0.330 e. The predicted molar refractivity (Wildman–Crippen MR) is 59.6 cm³/mol. The van der Waals surface area contributed by atoms with Gasteiger partial charge in [0.25, 0.3) is 0 Å². The molecular weight excluding hydrogens is 260 g/mol. The first-order valence-electron chi connectivity index (χ1n) is 4.42. The number of carbonyl (C=O) groups is 1. The highest BCUT2D eigenvalue weighted by Crippen LogP contribution is 2.35. The maximum Gasteiger partial charge on any atom is 0.330 e. The first-order chi connectivity index (χ1) is 7.20. The molecule has 1 aliphatic rings. The molecule has 1 aromatic rings. The molecule has 0 bridgehead atoms. The highest BCUT2D eigenvalue weighted by atomic mass is 79.9. The van der Waals surface area contributed by atoms with Gasteiger partial charge < -0.3 is 9.47 Å². The van der Waals surface area contributed by atoms with E-state index in [1.165, 1.54) is 13.2 Å². The van der Waals surface area contributed by atoms with Gasteiger partial charge in [-0.3, -0.25) is 0 Å². The normalized spacial score (nSPS) is 16.0. The quantitative estimate of drug-likeness (QED) is 0.580. The fraction of sp³-hybridized carbons (Fsp3) is 0.182.